The SMILES string of the molecule is CC(=O)NNC(=O)CCNS(=O)(=O)c1ccc(F)c(F)c1. The fourth-order valence-electron chi connectivity index (χ4n) is 1.25. The van der Waals surface area contributed by atoms with Gasteiger partial charge in [0.25, 0.3) is 0 Å². The van der Waals surface area contributed by atoms with Crippen LogP contribution in [0.25, 0.3) is 0 Å². The van der Waals surface area contributed by atoms with Crippen molar-refractivity contribution < 1.29 is 26.8 Å². The number of nitrogens with one attached hydrogen (secondary N) is 3. The molecule has 0 aliphatic carbocycles. The minimum absolute atomic E-state index is 0.247. The highest BCUT2D eigenvalue weighted by Crippen LogP contribution is 2.13. The number of hydrogen-bond donors (Lipinski definition) is 3. The molecule has 0 bridgehead atoms. The van der Waals surface area contributed by atoms with Crippen molar-refractivity contribution in [1.82, 2.24) is 15.6 Å². The molecule has 0 saturated carbocycles. The molecule has 7 nitrogen and oxygen atoms in total. The maximum Gasteiger partial charge on any atom is 0.240 e. The first-order valence-corrected chi connectivity index (χ1v) is 7.21. The fraction of sp³-hybridized carbons (Fsp3) is 0.273. The lowest BCUT2D eigenvalue weighted by Crippen LogP contribution is -2.41. The Kier molecular flexibility index (Phi) is 5.73. The van der Waals surface area contributed by atoms with Crippen LogP contribution in [0.4, 0.5) is 8.78 Å². The Labute approximate surface area is 119 Å². The molecule has 1 aromatic carbocycles. The number of halogens is 2. The topological polar surface area (TPSA) is 104 Å². The smallest absolute Gasteiger partial charge is 0.240 e. The number of benzene rings is 1. The molecule has 1 aromatic rings. The van der Waals surface area contributed by atoms with Crippen molar-refractivity contribution in [3.8, 4) is 0 Å². The van der Waals surface area contributed by atoms with Crippen molar-refractivity contribution in [2.75, 3.05) is 6.54 Å². The zero-order valence-electron chi connectivity index (χ0n) is 10.9. The third-order valence-electron chi connectivity index (χ3n) is 2.22. The number of carbonyl (C=O) groups excluding carboxylic acids is 2. The number of rotatable bonds is 5. The van der Waals surface area contributed by atoms with E-state index >= 15 is 0 Å². The Morgan fingerprint density at radius 1 is 1.14 bits per heavy atom. The van der Waals surface area contributed by atoms with Gasteiger partial charge in [-0.3, -0.25) is 20.4 Å². The lowest BCUT2D eigenvalue weighted by molar-refractivity contribution is -0.127. The van der Waals surface area contributed by atoms with Crippen molar-refractivity contribution in [2.45, 2.75) is 18.2 Å². The average Bonchev–Trinajstić information content (AvgIpc) is 2.39. The Bertz CT molecular complexity index is 649. The first-order valence-electron chi connectivity index (χ1n) is 5.72. The summed E-state index contributed by atoms with van der Waals surface area (Å²) < 4.78 is 51.2. The molecule has 0 spiro atoms. The van der Waals surface area contributed by atoms with Crippen LogP contribution in [-0.4, -0.2) is 26.8 Å². The molecule has 21 heavy (non-hydrogen) atoms. The van der Waals surface area contributed by atoms with Crippen molar-refractivity contribution >= 4 is 21.8 Å². The number of hydrazine groups is 1. The van der Waals surface area contributed by atoms with Gasteiger partial charge in [-0.1, -0.05) is 0 Å². The van der Waals surface area contributed by atoms with Gasteiger partial charge in [0.1, 0.15) is 0 Å². The minimum Gasteiger partial charge on any atom is -0.274 e. The van der Waals surface area contributed by atoms with Gasteiger partial charge in [0, 0.05) is 19.9 Å². The van der Waals surface area contributed by atoms with Crippen LogP contribution in [0.3, 0.4) is 0 Å². The summed E-state index contributed by atoms with van der Waals surface area (Å²) in [6, 6.07) is 2.13. The van der Waals surface area contributed by atoms with Crippen LogP contribution in [-0.2, 0) is 19.6 Å². The number of sulfonamides is 1. The molecule has 0 radical (unpaired) electrons. The summed E-state index contributed by atoms with van der Waals surface area (Å²) >= 11 is 0. The van der Waals surface area contributed by atoms with Gasteiger partial charge >= 0.3 is 0 Å². The van der Waals surface area contributed by atoms with E-state index in [2.05, 4.69) is 4.72 Å². The van der Waals surface area contributed by atoms with Gasteiger partial charge < -0.3 is 0 Å². The summed E-state index contributed by atoms with van der Waals surface area (Å²) in [6.45, 7) is 0.915. The maximum absolute atomic E-state index is 13.0. The molecule has 0 saturated heterocycles. The number of carbonyl (C=O) groups is 2. The molecule has 0 aliphatic heterocycles. The molecule has 116 valence electrons. The molecule has 0 heterocycles. The van der Waals surface area contributed by atoms with Crippen LogP contribution in [0.1, 0.15) is 13.3 Å². The van der Waals surface area contributed by atoms with Crippen molar-refractivity contribution in [1.29, 1.82) is 0 Å². The van der Waals surface area contributed by atoms with E-state index in [4.69, 9.17) is 0 Å². The molecule has 0 fully saturated rings. The van der Waals surface area contributed by atoms with Crippen molar-refractivity contribution in [3.63, 3.8) is 0 Å². The Morgan fingerprint density at radius 2 is 1.81 bits per heavy atom. The van der Waals surface area contributed by atoms with Gasteiger partial charge in [-0.15, -0.1) is 0 Å². The standard InChI is InChI=1S/C11H13F2N3O4S/c1-7(17)15-16-11(18)4-5-14-21(19,20)8-2-3-9(12)10(13)6-8/h2-3,6,14H,4-5H2,1H3,(H,15,17)(H,16,18). The van der Waals surface area contributed by atoms with Gasteiger partial charge in [-0.25, -0.2) is 21.9 Å². The molecule has 0 atom stereocenters. The first kappa shape index (κ1) is 17.0. The van der Waals surface area contributed by atoms with Gasteiger partial charge in [0.15, 0.2) is 11.6 Å². The van der Waals surface area contributed by atoms with Crippen LogP contribution in [0.15, 0.2) is 23.1 Å². The van der Waals surface area contributed by atoms with E-state index in [9.17, 15) is 26.8 Å². The summed E-state index contributed by atoms with van der Waals surface area (Å²) in [5.41, 5.74) is 4.07. The number of amides is 2. The molecule has 10 heteroatoms. The zero-order valence-corrected chi connectivity index (χ0v) is 11.8. The Hall–Kier alpha value is -2.07. The molecule has 3 N–H and O–H groups in total. The van der Waals surface area contributed by atoms with Crippen LogP contribution in [0.2, 0.25) is 0 Å². The molecule has 2 amide bonds. The van der Waals surface area contributed by atoms with Gasteiger partial charge in [0.05, 0.1) is 4.90 Å². The number of hydrogen-bond acceptors (Lipinski definition) is 4. The highest BCUT2D eigenvalue weighted by atomic mass is 32.2. The average molecular weight is 321 g/mol. The lowest BCUT2D eigenvalue weighted by Gasteiger charge is -2.08. The van der Waals surface area contributed by atoms with E-state index in [-0.39, 0.29) is 13.0 Å². The summed E-state index contributed by atoms with van der Waals surface area (Å²) in [6.07, 6.45) is -0.247. The van der Waals surface area contributed by atoms with Gasteiger partial charge in [-0.2, -0.15) is 0 Å². The van der Waals surface area contributed by atoms with E-state index in [1.165, 1.54) is 6.92 Å². The second-order valence-corrected chi connectivity index (χ2v) is 5.72. The molecule has 1 rings (SSSR count). The summed E-state index contributed by atoms with van der Waals surface area (Å²) in [5.74, 6) is -3.55. The summed E-state index contributed by atoms with van der Waals surface area (Å²) in [4.78, 5) is 21.3. The Balaban J connectivity index is 2.55. The molecule has 0 aliphatic rings. The molecular formula is C11H13F2N3O4S. The van der Waals surface area contributed by atoms with Crippen molar-refractivity contribution in [2.24, 2.45) is 0 Å². The zero-order chi connectivity index (χ0) is 16.0. The quantitative estimate of drug-likeness (QED) is 0.653. The predicted molar refractivity (Wildman–Crippen MR) is 68.1 cm³/mol. The van der Waals surface area contributed by atoms with Crippen LogP contribution in [0.5, 0.6) is 0 Å². The van der Waals surface area contributed by atoms with Gasteiger partial charge in [-0.05, 0) is 18.2 Å². The van der Waals surface area contributed by atoms with Crippen LogP contribution in [0, 0.1) is 11.6 Å². The summed E-state index contributed by atoms with van der Waals surface area (Å²) in [7, 11) is -4.05. The van der Waals surface area contributed by atoms with Crippen LogP contribution < -0.4 is 15.6 Å². The van der Waals surface area contributed by atoms with E-state index in [1.54, 1.807) is 0 Å². The Morgan fingerprint density at radius 3 is 2.38 bits per heavy atom. The molecular weight excluding hydrogens is 308 g/mol. The van der Waals surface area contributed by atoms with Crippen molar-refractivity contribution in [3.05, 3.63) is 29.8 Å². The maximum atomic E-state index is 13.0. The van der Waals surface area contributed by atoms with Gasteiger partial charge in [0.2, 0.25) is 21.8 Å². The molecule has 0 unspecified atom stereocenters. The fourth-order valence-corrected chi connectivity index (χ4v) is 2.29. The molecule has 0 aromatic heterocycles. The third kappa shape index (κ3) is 5.44. The third-order valence-corrected chi connectivity index (χ3v) is 3.68. The monoisotopic (exact) mass is 321 g/mol. The predicted octanol–water partition coefficient (Wildman–Crippen LogP) is -0.200. The van der Waals surface area contributed by atoms with E-state index in [0.717, 1.165) is 6.07 Å². The second kappa shape index (κ2) is 7.09. The van der Waals surface area contributed by atoms with E-state index < -0.39 is 38.4 Å². The lowest BCUT2D eigenvalue weighted by atomic mass is 10.3. The van der Waals surface area contributed by atoms with E-state index in [0.29, 0.717) is 12.1 Å². The first-order chi connectivity index (χ1) is 9.72. The highest BCUT2D eigenvalue weighted by molar-refractivity contribution is 7.89. The normalized spacial score (nSPS) is 11.0. The summed E-state index contributed by atoms with van der Waals surface area (Å²) in [5, 5.41) is 0. The second-order valence-electron chi connectivity index (χ2n) is 3.95. The van der Waals surface area contributed by atoms with Crippen LogP contribution >= 0.6 is 0 Å². The largest absolute Gasteiger partial charge is 0.274 e. The highest BCUT2D eigenvalue weighted by Gasteiger charge is 2.16. The minimum atomic E-state index is -4.05. The van der Waals surface area contributed by atoms with E-state index in [1.807, 2.05) is 10.9 Å².